The number of aryl methyl sites for hydroxylation is 2. The Morgan fingerprint density at radius 2 is 2.47 bits per heavy atom. The van der Waals surface area contributed by atoms with E-state index < -0.39 is 0 Å². The molecule has 17 heavy (non-hydrogen) atoms. The molecule has 90 valence electrons. The van der Waals surface area contributed by atoms with Crippen LogP contribution in [-0.4, -0.2) is 21.1 Å². The number of hydrogen-bond donors (Lipinski definition) is 2. The first-order chi connectivity index (χ1) is 8.24. The molecular formula is C11H14N4OS. The summed E-state index contributed by atoms with van der Waals surface area (Å²) < 4.78 is 0. The molecule has 2 rings (SSSR count). The molecule has 0 atom stereocenters. The Labute approximate surface area is 103 Å². The van der Waals surface area contributed by atoms with Crippen LogP contribution in [0, 0.1) is 6.92 Å². The molecular weight excluding hydrogens is 236 g/mol. The fourth-order valence-electron chi connectivity index (χ4n) is 1.46. The maximum Gasteiger partial charge on any atom is 0.248 e. The van der Waals surface area contributed by atoms with Gasteiger partial charge in [-0.3, -0.25) is 15.2 Å². The van der Waals surface area contributed by atoms with Crippen molar-refractivity contribution in [3.63, 3.8) is 0 Å². The van der Waals surface area contributed by atoms with Gasteiger partial charge in [-0.25, -0.2) is 0 Å². The number of nitrogens with zero attached hydrogens (tertiary/aromatic N) is 2. The highest BCUT2D eigenvalue weighted by Gasteiger charge is 2.06. The number of thiophene rings is 1. The highest BCUT2D eigenvalue weighted by molar-refractivity contribution is 7.09. The molecule has 0 saturated heterocycles. The lowest BCUT2D eigenvalue weighted by Crippen LogP contribution is -2.12. The third-order valence-electron chi connectivity index (χ3n) is 2.26. The molecule has 6 heteroatoms. The Morgan fingerprint density at radius 3 is 3.12 bits per heavy atom. The van der Waals surface area contributed by atoms with Gasteiger partial charge < -0.3 is 0 Å². The normalized spacial score (nSPS) is 10.4. The fourth-order valence-corrected chi connectivity index (χ4v) is 2.22. The van der Waals surface area contributed by atoms with E-state index in [0.29, 0.717) is 18.2 Å². The standard InChI is InChI=1S/C11H14N4OS/c1-8-12-11(15-14-8)13-10(16)6-2-4-9-5-3-7-17-9/h3,5,7H,2,4,6H2,1H3,(H2,12,13,14,15,16). The number of nitrogens with one attached hydrogen (secondary N) is 2. The average molecular weight is 250 g/mol. The third-order valence-corrected chi connectivity index (χ3v) is 3.19. The lowest BCUT2D eigenvalue weighted by Gasteiger charge is -1.99. The van der Waals surface area contributed by atoms with Gasteiger partial charge in [-0.2, -0.15) is 4.98 Å². The maximum absolute atomic E-state index is 11.5. The molecule has 0 bridgehead atoms. The second-order valence-corrected chi connectivity index (χ2v) is 4.76. The van der Waals surface area contributed by atoms with Gasteiger partial charge in [0, 0.05) is 11.3 Å². The smallest absolute Gasteiger partial charge is 0.248 e. The van der Waals surface area contributed by atoms with Crippen molar-refractivity contribution in [2.75, 3.05) is 5.32 Å². The van der Waals surface area contributed by atoms with Crippen LogP contribution >= 0.6 is 11.3 Å². The van der Waals surface area contributed by atoms with Crippen molar-refractivity contribution < 1.29 is 4.79 Å². The molecule has 0 saturated carbocycles. The molecule has 2 aromatic rings. The number of amides is 1. The monoisotopic (exact) mass is 250 g/mol. The topological polar surface area (TPSA) is 70.7 Å². The Bertz CT molecular complexity index is 477. The van der Waals surface area contributed by atoms with Crippen LogP contribution in [0.5, 0.6) is 0 Å². The van der Waals surface area contributed by atoms with Crippen molar-refractivity contribution in [2.45, 2.75) is 26.2 Å². The zero-order valence-corrected chi connectivity index (χ0v) is 10.4. The first-order valence-electron chi connectivity index (χ1n) is 5.45. The number of rotatable bonds is 5. The van der Waals surface area contributed by atoms with E-state index in [9.17, 15) is 4.79 Å². The van der Waals surface area contributed by atoms with Gasteiger partial charge in [0.1, 0.15) is 5.82 Å². The van der Waals surface area contributed by atoms with Crippen LogP contribution in [0.1, 0.15) is 23.5 Å². The summed E-state index contributed by atoms with van der Waals surface area (Å²) in [6.45, 7) is 1.79. The predicted molar refractivity (Wildman–Crippen MR) is 67.0 cm³/mol. The maximum atomic E-state index is 11.5. The first-order valence-corrected chi connectivity index (χ1v) is 6.33. The van der Waals surface area contributed by atoms with E-state index in [1.54, 1.807) is 18.3 Å². The molecule has 2 aromatic heterocycles. The van der Waals surface area contributed by atoms with Crippen LogP contribution in [0.4, 0.5) is 5.95 Å². The van der Waals surface area contributed by atoms with E-state index in [1.165, 1.54) is 4.88 Å². The number of aromatic amines is 1. The molecule has 0 fully saturated rings. The van der Waals surface area contributed by atoms with Crippen LogP contribution in [-0.2, 0) is 11.2 Å². The van der Waals surface area contributed by atoms with Gasteiger partial charge in [-0.1, -0.05) is 6.07 Å². The number of carbonyl (C=O) groups excluding carboxylic acids is 1. The Hall–Kier alpha value is -1.69. The summed E-state index contributed by atoms with van der Waals surface area (Å²) in [5.74, 6) is 1.00. The van der Waals surface area contributed by atoms with Crippen molar-refractivity contribution >= 4 is 23.2 Å². The minimum Gasteiger partial charge on any atom is -0.293 e. The highest BCUT2D eigenvalue weighted by Crippen LogP contribution is 2.12. The number of aromatic nitrogens is 3. The summed E-state index contributed by atoms with van der Waals surface area (Å²) in [6.07, 6.45) is 2.28. The zero-order chi connectivity index (χ0) is 12.1. The minimum atomic E-state index is -0.0412. The van der Waals surface area contributed by atoms with Crippen molar-refractivity contribution in [2.24, 2.45) is 0 Å². The van der Waals surface area contributed by atoms with Crippen LogP contribution in [0.3, 0.4) is 0 Å². The van der Waals surface area contributed by atoms with Crippen molar-refractivity contribution in [1.29, 1.82) is 0 Å². The summed E-state index contributed by atoms with van der Waals surface area (Å²) in [5.41, 5.74) is 0. The van der Waals surface area contributed by atoms with E-state index in [4.69, 9.17) is 0 Å². The Morgan fingerprint density at radius 1 is 1.59 bits per heavy atom. The summed E-state index contributed by atoms with van der Waals surface area (Å²) in [4.78, 5) is 16.9. The number of carbonyl (C=O) groups is 1. The second-order valence-electron chi connectivity index (χ2n) is 3.73. The van der Waals surface area contributed by atoms with Gasteiger partial charge in [0.15, 0.2) is 0 Å². The van der Waals surface area contributed by atoms with Crippen molar-refractivity contribution in [1.82, 2.24) is 15.2 Å². The van der Waals surface area contributed by atoms with Crippen LogP contribution in [0.15, 0.2) is 17.5 Å². The second kappa shape index (κ2) is 5.58. The van der Waals surface area contributed by atoms with E-state index in [2.05, 4.69) is 26.6 Å². The van der Waals surface area contributed by atoms with Gasteiger partial charge in [-0.15, -0.1) is 16.4 Å². The highest BCUT2D eigenvalue weighted by atomic mass is 32.1. The molecule has 2 N–H and O–H groups in total. The first kappa shape index (κ1) is 11.8. The van der Waals surface area contributed by atoms with Crippen LogP contribution in [0.2, 0.25) is 0 Å². The minimum absolute atomic E-state index is 0.0412. The molecule has 1 amide bonds. The summed E-state index contributed by atoms with van der Waals surface area (Å²) in [5, 5.41) is 11.2. The average Bonchev–Trinajstić information content (AvgIpc) is 2.90. The fraction of sp³-hybridized carbons (Fsp3) is 0.364. The Balaban J connectivity index is 1.71. The zero-order valence-electron chi connectivity index (χ0n) is 9.56. The predicted octanol–water partition coefficient (Wildman–Crippen LogP) is 2.14. The molecule has 0 aliphatic heterocycles. The van der Waals surface area contributed by atoms with E-state index in [1.807, 2.05) is 11.4 Å². The quantitative estimate of drug-likeness (QED) is 0.854. The number of H-pyrrole nitrogens is 1. The molecule has 0 aromatic carbocycles. The van der Waals surface area contributed by atoms with Gasteiger partial charge in [0.25, 0.3) is 0 Å². The van der Waals surface area contributed by atoms with Gasteiger partial charge in [-0.05, 0) is 31.2 Å². The van der Waals surface area contributed by atoms with Gasteiger partial charge in [0.05, 0.1) is 0 Å². The SMILES string of the molecule is Cc1nc(NC(=O)CCCc2cccs2)n[nH]1. The van der Waals surface area contributed by atoms with Crippen molar-refractivity contribution in [3.05, 3.63) is 28.2 Å². The molecule has 2 heterocycles. The number of anilines is 1. The number of hydrogen-bond acceptors (Lipinski definition) is 4. The summed E-state index contributed by atoms with van der Waals surface area (Å²) >= 11 is 1.72. The van der Waals surface area contributed by atoms with E-state index in [-0.39, 0.29) is 5.91 Å². The largest absolute Gasteiger partial charge is 0.293 e. The van der Waals surface area contributed by atoms with Gasteiger partial charge in [0.2, 0.25) is 11.9 Å². The summed E-state index contributed by atoms with van der Waals surface area (Å²) in [6, 6.07) is 4.11. The molecule has 0 aliphatic carbocycles. The molecule has 0 radical (unpaired) electrons. The summed E-state index contributed by atoms with van der Waals surface area (Å²) in [7, 11) is 0. The van der Waals surface area contributed by atoms with Crippen LogP contribution < -0.4 is 5.32 Å². The van der Waals surface area contributed by atoms with Crippen LogP contribution in [0.25, 0.3) is 0 Å². The van der Waals surface area contributed by atoms with E-state index >= 15 is 0 Å². The third kappa shape index (κ3) is 3.67. The van der Waals surface area contributed by atoms with Gasteiger partial charge >= 0.3 is 0 Å². The Kier molecular flexibility index (Phi) is 3.87. The molecule has 0 aliphatic rings. The lowest BCUT2D eigenvalue weighted by molar-refractivity contribution is -0.116. The van der Waals surface area contributed by atoms with E-state index in [0.717, 1.165) is 12.8 Å². The molecule has 0 unspecified atom stereocenters. The van der Waals surface area contributed by atoms with Crippen molar-refractivity contribution in [3.8, 4) is 0 Å². The molecule has 5 nitrogen and oxygen atoms in total. The molecule has 0 spiro atoms. The lowest BCUT2D eigenvalue weighted by atomic mass is 10.2.